The minimum absolute atomic E-state index is 0.0273. The van der Waals surface area contributed by atoms with E-state index < -0.39 is 42.2 Å². The van der Waals surface area contributed by atoms with Crippen LogP contribution in [0.2, 0.25) is 0 Å². The molecule has 192 valence electrons. The Balaban J connectivity index is 1.91. The molecule has 2 aromatic rings. The normalized spacial score (nSPS) is 21.0. The zero-order chi connectivity index (χ0) is 25.8. The first-order valence-corrected chi connectivity index (χ1v) is 11.3. The van der Waals surface area contributed by atoms with E-state index in [0.29, 0.717) is 31.4 Å². The molecule has 0 bridgehead atoms. The van der Waals surface area contributed by atoms with Gasteiger partial charge in [0, 0.05) is 24.7 Å². The Bertz CT molecular complexity index is 961. The first-order chi connectivity index (χ1) is 16.4. The summed E-state index contributed by atoms with van der Waals surface area (Å²) in [6, 6.07) is 10.7. The maximum Gasteiger partial charge on any atom is 0.416 e. The predicted octanol–water partition coefficient (Wildman–Crippen LogP) is 6.43. The SMILES string of the molecule is CCC1CC(N(Cc2cc(C(F)(F)F)cc(C(F)(F)F)c2)C(=O)OC)CC(Cc2ccccc2)N1. The molecule has 4 nitrogen and oxygen atoms in total. The molecule has 0 saturated carbocycles. The van der Waals surface area contributed by atoms with Crippen LogP contribution in [0.15, 0.2) is 48.5 Å². The van der Waals surface area contributed by atoms with Crippen LogP contribution in [-0.2, 0) is 30.1 Å². The third kappa shape index (κ3) is 7.13. The number of hydrogen-bond donors (Lipinski definition) is 1. The molecule has 0 radical (unpaired) electrons. The maximum absolute atomic E-state index is 13.3. The Morgan fingerprint density at radius 3 is 2.03 bits per heavy atom. The van der Waals surface area contributed by atoms with E-state index in [-0.39, 0.29) is 23.7 Å². The van der Waals surface area contributed by atoms with Crippen LogP contribution in [0.25, 0.3) is 0 Å². The highest BCUT2D eigenvalue weighted by atomic mass is 19.4. The fourth-order valence-corrected chi connectivity index (χ4v) is 4.57. The number of benzene rings is 2. The van der Waals surface area contributed by atoms with Crippen LogP contribution in [0.3, 0.4) is 0 Å². The molecule has 1 amide bonds. The van der Waals surface area contributed by atoms with E-state index in [1.165, 1.54) is 4.90 Å². The average Bonchev–Trinajstić information content (AvgIpc) is 2.81. The molecule has 0 aliphatic carbocycles. The number of methoxy groups -OCH3 is 1. The zero-order valence-corrected chi connectivity index (χ0v) is 19.4. The van der Waals surface area contributed by atoms with Crippen LogP contribution in [0, 0.1) is 0 Å². The highest BCUT2D eigenvalue weighted by Crippen LogP contribution is 2.37. The lowest BCUT2D eigenvalue weighted by Gasteiger charge is -2.41. The van der Waals surface area contributed by atoms with Gasteiger partial charge in [0.2, 0.25) is 0 Å². The van der Waals surface area contributed by atoms with Gasteiger partial charge in [-0.1, -0.05) is 37.3 Å². The molecule has 2 aromatic carbocycles. The molecule has 1 aliphatic heterocycles. The second kappa shape index (κ2) is 10.9. The molecule has 1 fully saturated rings. The van der Waals surface area contributed by atoms with Gasteiger partial charge < -0.3 is 15.0 Å². The summed E-state index contributed by atoms with van der Waals surface area (Å²) in [4.78, 5) is 13.9. The maximum atomic E-state index is 13.3. The minimum atomic E-state index is -4.96. The number of nitrogens with one attached hydrogen (secondary N) is 1. The molecule has 0 spiro atoms. The van der Waals surface area contributed by atoms with Crippen LogP contribution < -0.4 is 5.32 Å². The van der Waals surface area contributed by atoms with Crippen molar-refractivity contribution in [2.75, 3.05) is 7.11 Å². The van der Waals surface area contributed by atoms with Crippen molar-refractivity contribution >= 4 is 6.09 Å². The summed E-state index contributed by atoms with van der Waals surface area (Å²) in [6.45, 7) is 1.54. The summed E-state index contributed by atoms with van der Waals surface area (Å²) in [5.41, 5.74) is -2.00. The van der Waals surface area contributed by atoms with Gasteiger partial charge in [-0.05, 0) is 55.0 Å². The molecule has 0 aromatic heterocycles. The van der Waals surface area contributed by atoms with Crippen molar-refractivity contribution in [2.45, 2.75) is 69.6 Å². The number of halogens is 6. The molecule has 1 saturated heterocycles. The molecule has 10 heteroatoms. The van der Waals surface area contributed by atoms with Crippen LogP contribution in [0.5, 0.6) is 0 Å². The highest BCUT2D eigenvalue weighted by molar-refractivity contribution is 5.68. The zero-order valence-electron chi connectivity index (χ0n) is 19.4. The molecular formula is C25H28F6N2O2. The summed E-state index contributed by atoms with van der Waals surface area (Å²) < 4.78 is 84.8. The van der Waals surface area contributed by atoms with Crippen molar-refractivity contribution in [3.63, 3.8) is 0 Å². The predicted molar refractivity (Wildman–Crippen MR) is 119 cm³/mol. The lowest BCUT2D eigenvalue weighted by Crippen LogP contribution is -2.54. The molecule has 3 atom stereocenters. The first kappa shape index (κ1) is 26.8. The summed E-state index contributed by atoms with van der Waals surface area (Å²) in [5.74, 6) is 0. The summed E-state index contributed by atoms with van der Waals surface area (Å²) >= 11 is 0. The number of rotatable bonds is 6. The number of carbonyl (C=O) groups excluding carboxylic acids is 1. The third-order valence-electron chi connectivity index (χ3n) is 6.25. The molecule has 1 N–H and O–H groups in total. The fourth-order valence-electron chi connectivity index (χ4n) is 4.57. The Kier molecular flexibility index (Phi) is 8.35. The summed E-state index contributed by atoms with van der Waals surface area (Å²) in [5, 5.41) is 3.54. The van der Waals surface area contributed by atoms with Crippen LogP contribution in [-0.4, -0.2) is 36.2 Å². The second-order valence-corrected chi connectivity index (χ2v) is 8.80. The smallest absolute Gasteiger partial charge is 0.416 e. The summed E-state index contributed by atoms with van der Waals surface area (Å²) in [6.07, 6.45) is -8.32. The van der Waals surface area contributed by atoms with E-state index >= 15 is 0 Å². The van der Waals surface area contributed by atoms with E-state index in [4.69, 9.17) is 4.74 Å². The Morgan fingerprint density at radius 2 is 1.51 bits per heavy atom. The number of alkyl halides is 6. The molecule has 1 aliphatic rings. The van der Waals surface area contributed by atoms with Gasteiger partial charge in [0.15, 0.2) is 0 Å². The van der Waals surface area contributed by atoms with Crippen molar-refractivity contribution in [1.29, 1.82) is 0 Å². The van der Waals surface area contributed by atoms with Gasteiger partial charge in [-0.3, -0.25) is 0 Å². The number of amides is 1. The lowest BCUT2D eigenvalue weighted by atomic mass is 9.88. The van der Waals surface area contributed by atoms with Gasteiger partial charge in [-0.15, -0.1) is 0 Å². The Labute approximate surface area is 200 Å². The van der Waals surface area contributed by atoms with E-state index in [1.807, 2.05) is 37.3 Å². The van der Waals surface area contributed by atoms with Crippen molar-refractivity contribution < 1.29 is 35.9 Å². The quantitative estimate of drug-likeness (QED) is 0.463. The van der Waals surface area contributed by atoms with Crippen LogP contribution in [0.1, 0.15) is 48.4 Å². The second-order valence-electron chi connectivity index (χ2n) is 8.80. The summed E-state index contributed by atoms with van der Waals surface area (Å²) in [7, 11) is 1.14. The first-order valence-electron chi connectivity index (χ1n) is 11.3. The molecule has 35 heavy (non-hydrogen) atoms. The lowest BCUT2D eigenvalue weighted by molar-refractivity contribution is -0.143. The fraction of sp³-hybridized carbons (Fsp3) is 0.480. The van der Waals surface area contributed by atoms with Crippen molar-refractivity contribution in [2.24, 2.45) is 0 Å². The molecule has 1 heterocycles. The van der Waals surface area contributed by atoms with Gasteiger partial charge in [0.25, 0.3) is 0 Å². The Morgan fingerprint density at radius 1 is 0.943 bits per heavy atom. The number of nitrogens with zero attached hydrogens (tertiary/aromatic N) is 1. The Hall–Kier alpha value is -2.75. The molecule has 3 rings (SSSR count). The number of ether oxygens (including phenoxy) is 1. The van der Waals surface area contributed by atoms with Crippen molar-refractivity contribution in [3.05, 3.63) is 70.8 Å². The van der Waals surface area contributed by atoms with Gasteiger partial charge in [-0.2, -0.15) is 26.3 Å². The molecule has 3 unspecified atom stereocenters. The van der Waals surface area contributed by atoms with Gasteiger partial charge in [0.05, 0.1) is 18.2 Å². The highest BCUT2D eigenvalue weighted by Gasteiger charge is 2.38. The number of hydrogen-bond acceptors (Lipinski definition) is 3. The van der Waals surface area contributed by atoms with E-state index in [1.54, 1.807) is 0 Å². The number of carbonyl (C=O) groups is 1. The topological polar surface area (TPSA) is 41.6 Å². The van der Waals surface area contributed by atoms with Gasteiger partial charge in [-0.25, -0.2) is 4.79 Å². The largest absolute Gasteiger partial charge is 0.453 e. The van der Waals surface area contributed by atoms with Crippen molar-refractivity contribution in [3.8, 4) is 0 Å². The van der Waals surface area contributed by atoms with Crippen molar-refractivity contribution in [1.82, 2.24) is 10.2 Å². The van der Waals surface area contributed by atoms with Gasteiger partial charge in [0.1, 0.15) is 0 Å². The van der Waals surface area contributed by atoms with Gasteiger partial charge >= 0.3 is 18.4 Å². The van der Waals surface area contributed by atoms with E-state index in [0.717, 1.165) is 19.1 Å². The third-order valence-corrected chi connectivity index (χ3v) is 6.25. The number of piperidine rings is 1. The minimum Gasteiger partial charge on any atom is -0.453 e. The average molecular weight is 502 g/mol. The van der Waals surface area contributed by atoms with E-state index in [2.05, 4.69) is 5.32 Å². The molecular weight excluding hydrogens is 474 g/mol. The van der Waals surface area contributed by atoms with Crippen LogP contribution >= 0.6 is 0 Å². The van der Waals surface area contributed by atoms with Crippen LogP contribution in [0.4, 0.5) is 31.1 Å². The van der Waals surface area contributed by atoms with E-state index in [9.17, 15) is 31.1 Å². The monoisotopic (exact) mass is 502 g/mol. The standard InChI is InChI=1S/C25H28F6N2O2/c1-3-20-13-22(14-21(32-20)11-16-7-5-4-6-8-16)33(23(34)35-2)15-17-9-18(24(26,27)28)12-19(10-17)25(29,30)31/h4-10,12,20-22,32H,3,11,13-15H2,1-2H3.